The summed E-state index contributed by atoms with van der Waals surface area (Å²) in [6.45, 7) is 3.01. The molecule has 1 N–H and O–H groups in total. The number of hydrogen-bond acceptors (Lipinski definition) is 3. The minimum Gasteiger partial charge on any atom is -0.393 e. The molecule has 1 atom stereocenters. The van der Waals surface area contributed by atoms with E-state index in [9.17, 15) is 14.3 Å². The third kappa shape index (κ3) is 3.27. The van der Waals surface area contributed by atoms with Crippen LogP contribution in [0, 0.1) is 11.7 Å². The first-order chi connectivity index (χ1) is 11.1. The zero-order valence-corrected chi connectivity index (χ0v) is 13.0. The van der Waals surface area contributed by atoms with Crippen LogP contribution < -0.4 is 0 Å². The summed E-state index contributed by atoms with van der Waals surface area (Å²) in [5, 5.41) is 13.8. The van der Waals surface area contributed by atoms with Crippen LogP contribution in [0.4, 0.5) is 4.39 Å². The Bertz CT molecular complexity index is 691. The second kappa shape index (κ2) is 6.50. The van der Waals surface area contributed by atoms with Crippen molar-refractivity contribution in [2.24, 2.45) is 5.92 Å². The highest BCUT2D eigenvalue weighted by atomic mass is 19.1. The highest BCUT2D eigenvalue weighted by molar-refractivity contribution is 5.92. The molecule has 6 heteroatoms. The van der Waals surface area contributed by atoms with Crippen LogP contribution in [0.1, 0.15) is 30.3 Å². The monoisotopic (exact) mass is 317 g/mol. The molecule has 1 aromatic carbocycles. The molecule has 5 nitrogen and oxygen atoms in total. The second-order valence-corrected chi connectivity index (χ2v) is 5.97. The van der Waals surface area contributed by atoms with E-state index in [0.29, 0.717) is 24.5 Å². The SMILES string of the molecule is CC(O)C1CCN(C(=O)c2ccn(-c3ccccc3F)n2)CC1. The normalized spacial score (nSPS) is 17.3. The second-order valence-electron chi connectivity index (χ2n) is 5.97. The summed E-state index contributed by atoms with van der Waals surface area (Å²) < 4.78 is 15.2. The molecule has 0 saturated carbocycles. The van der Waals surface area contributed by atoms with Gasteiger partial charge in [0, 0.05) is 19.3 Å². The minimum atomic E-state index is -0.382. The third-order valence-corrected chi connectivity index (χ3v) is 4.42. The van der Waals surface area contributed by atoms with E-state index in [1.165, 1.54) is 10.7 Å². The highest BCUT2D eigenvalue weighted by Crippen LogP contribution is 2.22. The van der Waals surface area contributed by atoms with Crippen molar-refractivity contribution in [1.29, 1.82) is 0 Å². The maximum atomic E-state index is 13.8. The molecule has 23 heavy (non-hydrogen) atoms. The number of halogens is 1. The largest absolute Gasteiger partial charge is 0.393 e. The van der Waals surface area contributed by atoms with Gasteiger partial charge in [-0.15, -0.1) is 0 Å². The van der Waals surface area contributed by atoms with Gasteiger partial charge in [-0.1, -0.05) is 12.1 Å². The minimum absolute atomic E-state index is 0.149. The van der Waals surface area contributed by atoms with Gasteiger partial charge in [-0.3, -0.25) is 4.79 Å². The molecule has 1 unspecified atom stereocenters. The van der Waals surface area contributed by atoms with E-state index in [2.05, 4.69) is 5.10 Å². The number of carbonyl (C=O) groups is 1. The maximum absolute atomic E-state index is 13.8. The van der Waals surface area contributed by atoms with Crippen LogP contribution >= 0.6 is 0 Å². The lowest BCUT2D eigenvalue weighted by Crippen LogP contribution is -2.40. The van der Waals surface area contributed by atoms with Crippen LogP contribution in [0.3, 0.4) is 0 Å². The zero-order chi connectivity index (χ0) is 16.4. The van der Waals surface area contributed by atoms with Gasteiger partial charge in [0.2, 0.25) is 0 Å². The predicted octanol–water partition coefficient (Wildman–Crippen LogP) is 2.24. The van der Waals surface area contributed by atoms with Gasteiger partial charge in [-0.25, -0.2) is 9.07 Å². The summed E-state index contributed by atoms with van der Waals surface area (Å²) >= 11 is 0. The van der Waals surface area contributed by atoms with Crippen molar-refractivity contribution in [1.82, 2.24) is 14.7 Å². The number of carbonyl (C=O) groups excluding carboxylic acids is 1. The molecular formula is C17H20FN3O2. The van der Waals surface area contributed by atoms with Crippen LogP contribution in [0.15, 0.2) is 36.5 Å². The maximum Gasteiger partial charge on any atom is 0.274 e. The van der Waals surface area contributed by atoms with Crippen LogP contribution in [0.25, 0.3) is 5.69 Å². The van der Waals surface area contributed by atoms with Gasteiger partial charge in [-0.05, 0) is 43.9 Å². The molecule has 1 fully saturated rings. The van der Waals surface area contributed by atoms with Crippen molar-refractivity contribution >= 4 is 5.91 Å². The topological polar surface area (TPSA) is 58.4 Å². The molecule has 1 aliphatic heterocycles. The molecule has 1 aliphatic rings. The molecule has 1 saturated heterocycles. The average Bonchev–Trinajstić information content (AvgIpc) is 3.04. The molecule has 0 aliphatic carbocycles. The van der Waals surface area contributed by atoms with Crippen molar-refractivity contribution in [3.05, 3.63) is 48.0 Å². The van der Waals surface area contributed by atoms with Gasteiger partial charge >= 0.3 is 0 Å². The summed E-state index contributed by atoms with van der Waals surface area (Å²) in [7, 11) is 0. The van der Waals surface area contributed by atoms with E-state index >= 15 is 0 Å². The molecule has 122 valence electrons. The number of aliphatic hydroxyl groups is 1. The Morgan fingerprint density at radius 2 is 2.00 bits per heavy atom. The lowest BCUT2D eigenvalue weighted by atomic mass is 9.92. The Kier molecular flexibility index (Phi) is 4.43. The molecule has 0 bridgehead atoms. The van der Waals surface area contributed by atoms with E-state index in [0.717, 1.165) is 12.8 Å². The number of para-hydroxylation sites is 1. The number of benzene rings is 1. The molecule has 0 radical (unpaired) electrons. The third-order valence-electron chi connectivity index (χ3n) is 4.42. The highest BCUT2D eigenvalue weighted by Gasteiger charge is 2.27. The van der Waals surface area contributed by atoms with Gasteiger partial charge in [0.1, 0.15) is 11.5 Å². The summed E-state index contributed by atoms with van der Waals surface area (Å²) in [6.07, 6.45) is 2.83. The van der Waals surface area contributed by atoms with Gasteiger partial charge in [0.15, 0.2) is 5.69 Å². The van der Waals surface area contributed by atoms with E-state index < -0.39 is 0 Å². The molecule has 1 amide bonds. The van der Waals surface area contributed by atoms with Crippen molar-refractivity contribution in [2.45, 2.75) is 25.9 Å². The summed E-state index contributed by atoms with van der Waals surface area (Å²) in [5.41, 5.74) is 0.628. The van der Waals surface area contributed by atoms with E-state index in [-0.39, 0.29) is 23.7 Å². The Morgan fingerprint density at radius 3 is 2.65 bits per heavy atom. The number of hydrogen-bond donors (Lipinski definition) is 1. The van der Waals surface area contributed by atoms with Crippen LogP contribution in [0.5, 0.6) is 0 Å². The number of rotatable bonds is 3. The van der Waals surface area contributed by atoms with Gasteiger partial charge in [0.05, 0.1) is 6.10 Å². The quantitative estimate of drug-likeness (QED) is 0.944. The Balaban J connectivity index is 1.71. The standard InChI is InChI=1S/C17H20FN3O2/c1-12(22)13-6-9-20(10-7-13)17(23)15-8-11-21(19-15)16-5-3-2-4-14(16)18/h2-5,8,11-13,22H,6-7,9-10H2,1H3. The fraction of sp³-hybridized carbons (Fsp3) is 0.412. The van der Waals surface area contributed by atoms with Crippen molar-refractivity contribution in [3.63, 3.8) is 0 Å². The van der Waals surface area contributed by atoms with Gasteiger partial charge < -0.3 is 10.0 Å². The first kappa shape index (κ1) is 15.7. The molecule has 1 aromatic heterocycles. The Hall–Kier alpha value is -2.21. The fourth-order valence-electron chi connectivity index (χ4n) is 2.96. The van der Waals surface area contributed by atoms with E-state index in [1.807, 2.05) is 0 Å². The van der Waals surface area contributed by atoms with Crippen molar-refractivity contribution in [2.75, 3.05) is 13.1 Å². The number of amides is 1. The smallest absolute Gasteiger partial charge is 0.274 e. The number of likely N-dealkylation sites (tertiary alicyclic amines) is 1. The van der Waals surface area contributed by atoms with Crippen LogP contribution in [0.2, 0.25) is 0 Å². The van der Waals surface area contributed by atoms with Gasteiger partial charge in [0.25, 0.3) is 5.91 Å². The predicted molar refractivity (Wildman–Crippen MR) is 83.8 cm³/mol. The van der Waals surface area contributed by atoms with Gasteiger partial charge in [-0.2, -0.15) is 5.10 Å². The van der Waals surface area contributed by atoms with Crippen molar-refractivity contribution < 1.29 is 14.3 Å². The average molecular weight is 317 g/mol. The fourth-order valence-corrected chi connectivity index (χ4v) is 2.96. The number of aliphatic hydroxyl groups excluding tert-OH is 1. The lowest BCUT2D eigenvalue weighted by Gasteiger charge is -2.32. The number of aromatic nitrogens is 2. The Morgan fingerprint density at radius 1 is 1.30 bits per heavy atom. The molecule has 0 spiro atoms. The molecule has 3 rings (SSSR count). The zero-order valence-electron chi connectivity index (χ0n) is 13.0. The molecule has 2 aromatic rings. The first-order valence-electron chi connectivity index (χ1n) is 7.84. The molecular weight excluding hydrogens is 297 g/mol. The Labute approximate surface area is 134 Å². The summed E-state index contributed by atoms with van der Waals surface area (Å²) in [6, 6.07) is 7.92. The van der Waals surface area contributed by atoms with E-state index in [4.69, 9.17) is 0 Å². The van der Waals surface area contributed by atoms with Crippen LogP contribution in [-0.2, 0) is 0 Å². The molecule has 2 heterocycles. The van der Waals surface area contributed by atoms with E-state index in [1.54, 1.807) is 42.3 Å². The van der Waals surface area contributed by atoms with Crippen molar-refractivity contribution in [3.8, 4) is 5.69 Å². The summed E-state index contributed by atoms with van der Waals surface area (Å²) in [5.74, 6) is -0.286. The van der Waals surface area contributed by atoms with Crippen LogP contribution in [-0.4, -0.2) is 44.9 Å². The number of piperidine rings is 1. The first-order valence-corrected chi connectivity index (χ1v) is 7.84. The summed E-state index contributed by atoms with van der Waals surface area (Å²) in [4.78, 5) is 14.2. The number of nitrogens with zero attached hydrogens (tertiary/aromatic N) is 3. The lowest BCUT2D eigenvalue weighted by molar-refractivity contribution is 0.0516.